The highest BCUT2D eigenvalue weighted by Crippen LogP contribution is 2.31. The lowest BCUT2D eigenvalue weighted by atomic mass is 10.2. The number of methoxy groups -OCH3 is 2. The van der Waals surface area contributed by atoms with Gasteiger partial charge in [0.1, 0.15) is 12.4 Å². The monoisotopic (exact) mass is 451 g/mol. The van der Waals surface area contributed by atoms with E-state index in [9.17, 15) is 0 Å². The summed E-state index contributed by atoms with van der Waals surface area (Å²) < 4.78 is 16.5. The van der Waals surface area contributed by atoms with E-state index in [0.29, 0.717) is 45.5 Å². The van der Waals surface area contributed by atoms with Gasteiger partial charge in [-0.25, -0.2) is 0 Å². The quantitative estimate of drug-likeness (QED) is 0.405. The average Bonchev–Trinajstić information content (AvgIpc) is 2.73. The molecule has 29 heavy (non-hydrogen) atoms. The summed E-state index contributed by atoms with van der Waals surface area (Å²) in [7, 11) is 3.20. The van der Waals surface area contributed by atoms with Crippen molar-refractivity contribution in [2.75, 3.05) is 19.5 Å². The molecule has 0 amide bonds. The van der Waals surface area contributed by atoms with Gasteiger partial charge >= 0.3 is 0 Å². The first kappa shape index (κ1) is 21.4. The molecule has 0 saturated heterocycles. The molecule has 0 saturated carbocycles. The summed E-state index contributed by atoms with van der Waals surface area (Å²) >= 11 is 18.2. The van der Waals surface area contributed by atoms with Gasteiger partial charge in [0, 0.05) is 12.2 Å². The van der Waals surface area contributed by atoms with Gasteiger partial charge in [0.15, 0.2) is 11.5 Å². The van der Waals surface area contributed by atoms with E-state index in [1.807, 2.05) is 42.5 Å². The van der Waals surface area contributed by atoms with Crippen LogP contribution in [0, 0.1) is 0 Å². The van der Waals surface area contributed by atoms with Crippen LogP contribution in [0.3, 0.4) is 0 Å². The molecular weight excluding hydrogens is 433 g/mol. The molecule has 0 aliphatic heterocycles. The number of anilines is 1. The molecule has 3 rings (SSSR count). The molecule has 3 aromatic carbocycles. The minimum absolute atomic E-state index is 0.356. The second-order valence-corrected chi connectivity index (χ2v) is 7.45. The Hall–Kier alpha value is -2.27. The van der Waals surface area contributed by atoms with E-state index in [2.05, 4.69) is 5.32 Å². The van der Waals surface area contributed by atoms with E-state index < -0.39 is 0 Å². The van der Waals surface area contributed by atoms with Gasteiger partial charge in [-0.15, -0.1) is 0 Å². The Morgan fingerprint density at radius 3 is 2.10 bits per heavy atom. The molecule has 0 bridgehead atoms. The number of halogens is 3. The predicted molar refractivity (Wildman–Crippen MR) is 119 cm³/mol. The molecule has 0 atom stereocenters. The number of rotatable bonds is 8. The van der Waals surface area contributed by atoms with Crippen LogP contribution in [0.25, 0.3) is 0 Å². The molecular formula is C22H20Cl3NO3. The third-order valence-electron chi connectivity index (χ3n) is 4.25. The lowest BCUT2D eigenvalue weighted by Crippen LogP contribution is -2.02. The highest BCUT2D eigenvalue weighted by molar-refractivity contribution is 6.42. The molecule has 1 N–H and O–H groups in total. The first-order chi connectivity index (χ1) is 14.0. The van der Waals surface area contributed by atoms with Crippen molar-refractivity contribution in [2.24, 2.45) is 0 Å². The van der Waals surface area contributed by atoms with Crippen molar-refractivity contribution in [1.29, 1.82) is 0 Å². The molecule has 0 heterocycles. The molecule has 7 heteroatoms. The third-order valence-corrected chi connectivity index (χ3v) is 5.29. The minimum atomic E-state index is 0.356. The topological polar surface area (TPSA) is 39.7 Å². The Morgan fingerprint density at radius 2 is 1.41 bits per heavy atom. The normalized spacial score (nSPS) is 10.5. The Balaban J connectivity index is 1.64. The smallest absolute Gasteiger partial charge is 0.161 e. The molecule has 3 aromatic rings. The van der Waals surface area contributed by atoms with Crippen molar-refractivity contribution in [3.63, 3.8) is 0 Å². The maximum Gasteiger partial charge on any atom is 0.161 e. The summed E-state index contributed by atoms with van der Waals surface area (Å²) in [4.78, 5) is 0. The summed E-state index contributed by atoms with van der Waals surface area (Å²) in [5.74, 6) is 1.94. The van der Waals surface area contributed by atoms with Gasteiger partial charge in [-0.1, -0.05) is 46.9 Å². The van der Waals surface area contributed by atoms with E-state index in [4.69, 9.17) is 49.0 Å². The second-order valence-electron chi connectivity index (χ2n) is 6.23. The van der Waals surface area contributed by atoms with Crippen LogP contribution in [0.5, 0.6) is 17.2 Å². The molecule has 0 fully saturated rings. The standard InChI is InChI=1S/C22H20Cl3NO3/c1-27-20-8-5-16(11-19(20)25)26-12-14-4-7-21(22(10-14)28-2)29-13-15-3-6-17(23)18(24)9-15/h3-11,26H,12-13H2,1-2H3. The average molecular weight is 453 g/mol. The van der Waals surface area contributed by atoms with E-state index >= 15 is 0 Å². The minimum Gasteiger partial charge on any atom is -0.495 e. The van der Waals surface area contributed by atoms with Gasteiger partial charge in [-0.05, 0) is 53.6 Å². The van der Waals surface area contributed by atoms with E-state index in [1.54, 1.807) is 26.4 Å². The zero-order valence-electron chi connectivity index (χ0n) is 16.0. The Kier molecular flexibility index (Phi) is 7.37. The lowest BCUT2D eigenvalue weighted by Gasteiger charge is -2.14. The van der Waals surface area contributed by atoms with Gasteiger partial charge in [-0.3, -0.25) is 0 Å². The van der Waals surface area contributed by atoms with Gasteiger partial charge in [0.05, 0.1) is 29.3 Å². The Labute approximate surface area is 185 Å². The van der Waals surface area contributed by atoms with Crippen LogP contribution in [0.15, 0.2) is 54.6 Å². The van der Waals surface area contributed by atoms with Gasteiger partial charge in [0.2, 0.25) is 0 Å². The van der Waals surface area contributed by atoms with Crippen LogP contribution < -0.4 is 19.5 Å². The predicted octanol–water partition coefficient (Wildman–Crippen LogP) is 6.86. The number of hydrogen-bond acceptors (Lipinski definition) is 4. The van der Waals surface area contributed by atoms with Crippen molar-refractivity contribution in [3.05, 3.63) is 80.8 Å². The Morgan fingerprint density at radius 1 is 0.690 bits per heavy atom. The fourth-order valence-corrected chi connectivity index (χ4v) is 3.29. The van der Waals surface area contributed by atoms with Crippen molar-refractivity contribution in [1.82, 2.24) is 0 Å². The summed E-state index contributed by atoms with van der Waals surface area (Å²) in [6, 6.07) is 16.8. The molecule has 152 valence electrons. The Bertz CT molecular complexity index is 995. The summed E-state index contributed by atoms with van der Waals surface area (Å²) in [6.45, 7) is 0.960. The second kappa shape index (κ2) is 9.97. The van der Waals surface area contributed by atoms with E-state index in [-0.39, 0.29) is 0 Å². The number of hydrogen-bond donors (Lipinski definition) is 1. The molecule has 0 radical (unpaired) electrons. The lowest BCUT2D eigenvalue weighted by molar-refractivity contribution is 0.284. The number of nitrogens with one attached hydrogen (secondary N) is 1. The van der Waals surface area contributed by atoms with Gasteiger partial charge in [0.25, 0.3) is 0 Å². The van der Waals surface area contributed by atoms with Gasteiger partial charge in [-0.2, -0.15) is 0 Å². The fourth-order valence-electron chi connectivity index (χ4n) is 2.71. The SMILES string of the molecule is COc1ccc(NCc2ccc(OCc3ccc(Cl)c(Cl)c3)c(OC)c2)cc1Cl. The maximum atomic E-state index is 6.17. The van der Waals surface area contributed by atoms with Crippen molar-refractivity contribution >= 4 is 40.5 Å². The van der Waals surface area contributed by atoms with Crippen LogP contribution in [0.4, 0.5) is 5.69 Å². The first-order valence-corrected chi connectivity index (χ1v) is 9.94. The highest BCUT2D eigenvalue weighted by Gasteiger charge is 2.08. The molecule has 4 nitrogen and oxygen atoms in total. The summed E-state index contributed by atoms with van der Waals surface area (Å²) in [5, 5.41) is 4.90. The van der Waals surface area contributed by atoms with Crippen molar-refractivity contribution in [3.8, 4) is 17.2 Å². The van der Waals surface area contributed by atoms with Crippen molar-refractivity contribution in [2.45, 2.75) is 13.2 Å². The third kappa shape index (κ3) is 5.63. The van der Waals surface area contributed by atoms with Crippen molar-refractivity contribution < 1.29 is 14.2 Å². The zero-order chi connectivity index (χ0) is 20.8. The van der Waals surface area contributed by atoms with Gasteiger partial charge < -0.3 is 19.5 Å². The van der Waals surface area contributed by atoms with E-state index in [0.717, 1.165) is 16.8 Å². The molecule has 0 aliphatic rings. The summed E-state index contributed by atoms with van der Waals surface area (Å²) in [5.41, 5.74) is 2.86. The molecule has 0 aliphatic carbocycles. The fraction of sp³-hybridized carbons (Fsp3) is 0.182. The molecule has 0 spiro atoms. The summed E-state index contributed by atoms with van der Waals surface area (Å²) in [6.07, 6.45) is 0. The molecule has 0 aromatic heterocycles. The zero-order valence-corrected chi connectivity index (χ0v) is 18.2. The van der Waals surface area contributed by atoms with Crippen LogP contribution >= 0.6 is 34.8 Å². The van der Waals surface area contributed by atoms with Crippen LogP contribution in [-0.2, 0) is 13.2 Å². The highest BCUT2D eigenvalue weighted by atomic mass is 35.5. The first-order valence-electron chi connectivity index (χ1n) is 8.81. The van der Waals surface area contributed by atoms with E-state index in [1.165, 1.54) is 0 Å². The largest absolute Gasteiger partial charge is 0.495 e. The maximum absolute atomic E-state index is 6.17. The van der Waals surface area contributed by atoms with Crippen LogP contribution in [0.2, 0.25) is 15.1 Å². The molecule has 0 unspecified atom stereocenters. The van der Waals surface area contributed by atoms with Crippen LogP contribution in [-0.4, -0.2) is 14.2 Å². The number of benzene rings is 3. The van der Waals surface area contributed by atoms with Crippen LogP contribution in [0.1, 0.15) is 11.1 Å². The number of ether oxygens (including phenoxy) is 3.